The van der Waals surface area contributed by atoms with Crippen molar-refractivity contribution >= 4 is 5.97 Å². The number of carbonyl (C=O) groups is 1. The summed E-state index contributed by atoms with van der Waals surface area (Å²) in [6.45, 7) is 9.59. The van der Waals surface area contributed by atoms with Crippen LogP contribution in [0.5, 0.6) is 0 Å². The van der Waals surface area contributed by atoms with E-state index in [0.29, 0.717) is 13.0 Å². The number of aliphatic hydroxyl groups is 3. The van der Waals surface area contributed by atoms with Gasteiger partial charge in [0.05, 0.1) is 19.8 Å². The summed E-state index contributed by atoms with van der Waals surface area (Å²) in [5.74, 6) is -2.59. The topological polar surface area (TPSA) is 105 Å². The zero-order valence-electron chi connectivity index (χ0n) is 23.8. The van der Waals surface area contributed by atoms with E-state index in [2.05, 4.69) is 11.7 Å². The van der Waals surface area contributed by atoms with Gasteiger partial charge in [0.25, 0.3) is 0 Å². The van der Waals surface area contributed by atoms with Gasteiger partial charge in [0.15, 0.2) is 11.6 Å². The van der Waals surface area contributed by atoms with Gasteiger partial charge < -0.3 is 29.5 Å². The van der Waals surface area contributed by atoms with Gasteiger partial charge in [-0.15, -0.1) is 0 Å². The Labute approximate surface area is 215 Å². The van der Waals surface area contributed by atoms with Gasteiger partial charge in [0.1, 0.15) is 0 Å². The molecule has 1 atom stereocenters. The van der Waals surface area contributed by atoms with Gasteiger partial charge in [-0.05, 0) is 47.0 Å². The van der Waals surface area contributed by atoms with Gasteiger partial charge in [0, 0.05) is 13.0 Å². The first-order valence-electron chi connectivity index (χ1n) is 13.9. The van der Waals surface area contributed by atoms with Gasteiger partial charge in [-0.2, -0.15) is 0 Å². The molecule has 1 fully saturated rings. The lowest BCUT2D eigenvalue weighted by Gasteiger charge is -2.28. The summed E-state index contributed by atoms with van der Waals surface area (Å²) in [6, 6.07) is 0. The Morgan fingerprint density at radius 1 is 0.829 bits per heavy atom. The van der Waals surface area contributed by atoms with Crippen LogP contribution in [0.4, 0.5) is 0 Å². The smallest absolute Gasteiger partial charge is 0.305 e. The van der Waals surface area contributed by atoms with E-state index in [1.54, 1.807) is 13.8 Å². The first-order valence-corrected chi connectivity index (χ1v) is 13.9. The number of unbranched alkanes of at least 4 members (excludes halogenated alkanes) is 12. The second-order valence-electron chi connectivity index (χ2n) is 10.5. The number of hydrogen-bond donors (Lipinski definition) is 3. The molecule has 1 unspecified atom stereocenters. The minimum Gasteiger partial charge on any atom is -0.469 e. The highest BCUT2D eigenvalue weighted by Crippen LogP contribution is 2.16. The van der Waals surface area contributed by atoms with Crippen molar-refractivity contribution in [2.45, 2.75) is 155 Å². The average Bonchev–Trinajstić information content (AvgIpc) is 2.75. The third-order valence-electron chi connectivity index (χ3n) is 5.29. The van der Waals surface area contributed by atoms with Gasteiger partial charge in [0.2, 0.25) is 0 Å². The van der Waals surface area contributed by atoms with E-state index in [1.807, 2.05) is 0 Å². The highest BCUT2D eigenvalue weighted by molar-refractivity contribution is 5.68. The highest BCUT2D eigenvalue weighted by atomic mass is 16.6. The number of ether oxygens (including phenoxy) is 3. The Kier molecular flexibility index (Phi) is 24.6. The van der Waals surface area contributed by atoms with Gasteiger partial charge in [-0.3, -0.25) is 4.79 Å². The van der Waals surface area contributed by atoms with E-state index >= 15 is 0 Å². The second-order valence-corrected chi connectivity index (χ2v) is 10.5. The summed E-state index contributed by atoms with van der Waals surface area (Å²) in [4.78, 5) is 10.9. The third kappa shape index (κ3) is 38.0. The fourth-order valence-corrected chi connectivity index (χ4v) is 3.60. The van der Waals surface area contributed by atoms with Crippen LogP contribution in [0.2, 0.25) is 0 Å². The Morgan fingerprint density at radius 2 is 1.26 bits per heavy atom. The summed E-state index contributed by atoms with van der Waals surface area (Å²) in [6.07, 6.45) is 20.1. The predicted octanol–water partition coefficient (Wildman–Crippen LogP) is 6.26. The van der Waals surface area contributed by atoms with E-state index in [4.69, 9.17) is 19.7 Å². The molecular formula is C28H58O7. The van der Waals surface area contributed by atoms with Crippen molar-refractivity contribution in [1.29, 1.82) is 0 Å². The monoisotopic (exact) mass is 506 g/mol. The first kappa shape index (κ1) is 36.4. The van der Waals surface area contributed by atoms with E-state index in [-0.39, 0.29) is 12.1 Å². The van der Waals surface area contributed by atoms with Crippen molar-refractivity contribution in [1.82, 2.24) is 0 Å². The zero-order chi connectivity index (χ0) is 27.0. The van der Waals surface area contributed by atoms with Crippen LogP contribution < -0.4 is 0 Å². The number of rotatable bonds is 16. The van der Waals surface area contributed by atoms with Crippen LogP contribution in [0.15, 0.2) is 0 Å². The Hall–Kier alpha value is -0.730. The van der Waals surface area contributed by atoms with Crippen LogP contribution in [-0.2, 0) is 19.0 Å². The largest absolute Gasteiger partial charge is 0.469 e. The Morgan fingerprint density at radius 3 is 1.60 bits per heavy atom. The van der Waals surface area contributed by atoms with Crippen molar-refractivity contribution in [3.05, 3.63) is 0 Å². The van der Waals surface area contributed by atoms with Crippen molar-refractivity contribution in [2.24, 2.45) is 0 Å². The summed E-state index contributed by atoms with van der Waals surface area (Å²) < 4.78 is 15.1. The minimum atomic E-state index is -1.50. The van der Waals surface area contributed by atoms with Crippen LogP contribution in [0.3, 0.4) is 0 Å². The fourth-order valence-electron chi connectivity index (χ4n) is 3.60. The summed E-state index contributed by atoms with van der Waals surface area (Å²) in [5, 5.41) is 25.4. The van der Waals surface area contributed by atoms with E-state index < -0.39 is 11.6 Å². The van der Waals surface area contributed by atoms with Crippen molar-refractivity contribution in [3.8, 4) is 0 Å². The Balaban J connectivity index is 0. The molecule has 35 heavy (non-hydrogen) atoms. The molecule has 7 nitrogen and oxygen atoms in total. The Bertz CT molecular complexity index is 443. The van der Waals surface area contributed by atoms with Crippen LogP contribution in [-0.4, -0.2) is 59.3 Å². The van der Waals surface area contributed by atoms with E-state index in [9.17, 15) is 9.90 Å². The average molecular weight is 507 g/mol. The fraction of sp³-hybridized carbons (Fsp3) is 0.964. The van der Waals surface area contributed by atoms with Gasteiger partial charge in [-0.1, -0.05) is 84.0 Å². The molecule has 1 aliphatic heterocycles. The quantitative estimate of drug-likeness (QED) is 0.129. The molecule has 7 heteroatoms. The summed E-state index contributed by atoms with van der Waals surface area (Å²) >= 11 is 0. The molecule has 3 N–H and O–H groups in total. The van der Waals surface area contributed by atoms with Crippen LogP contribution in [0, 0.1) is 0 Å². The molecule has 212 valence electrons. The highest BCUT2D eigenvalue weighted by Gasteiger charge is 2.22. The van der Waals surface area contributed by atoms with E-state index in [0.717, 1.165) is 25.9 Å². The maximum atomic E-state index is 10.9. The lowest BCUT2D eigenvalue weighted by molar-refractivity contribution is -0.223. The molecule has 0 bridgehead atoms. The van der Waals surface area contributed by atoms with Crippen LogP contribution in [0.1, 0.15) is 137 Å². The molecule has 0 amide bonds. The van der Waals surface area contributed by atoms with Crippen LogP contribution in [0.25, 0.3) is 0 Å². The molecule has 1 aliphatic rings. The lowest BCUT2D eigenvalue weighted by atomic mass is 10.0. The maximum Gasteiger partial charge on any atom is 0.305 e. The molecule has 0 aromatic rings. The lowest BCUT2D eigenvalue weighted by Crippen LogP contribution is -2.35. The molecule has 0 aromatic heterocycles. The van der Waals surface area contributed by atoms with Gasteiger partial charge >= 0.3 is 5.97 Å². The summed E-state index contributed by atoms with van der Waals surface area (Å²) in [5.41, 5.74) is 0. The van der Waals surface area contributed by atoms with E-state index in [1.165, 1.54) is 98.0 Å². The molecule has 1 saturated heterocycles. The molecule has 0 spiro atoms. The molecule has 1 heterocycles. The molecule has 0 radical (unpaired) electrons. The number of carbonyl (C=O) groups excluding carboxylic acids is 1. The molecule has 0 aliphatic carbocycles. The second kappa shape index (κ2) is 23.7. The van der Waals surface area contributed by atoms with Crippen molar-refractivity contribution in [2.75, 3.05) is 20.3 Å². The number of methoxy groups -OCH3 is 1. The molecule has 0 saturated carbocycles. The zero-order valence-corrected chi connectivity index (χ0v) is 23.8. The van der Waals surface area contributed by atoms with Gasteiger partial charge in [-0.25, -0.2) is 0 Å². The molecule has 1 rings (SSSR count). The minimum absolute atomic E-state index is 0.0666. The molecular weight excluding hydrogens is 448 g/mol. The maximum absolute atomic E-state index is 10.9. The molecule has 0 aromatic carbocycles. The van der Waals surface area contributed by atoms with Crippen molar-refractivity contribution < 1.29 is 34.3 Å². The predicted molar refractivity (Wildman–Crippen MR) is 142 cm³/mol. The standard InChI is InChI=1S/C17H34O2.C8H16O3.C3H8O2/c1-3-4-5-6-7-8-9-10-11-12-13-14-15-16-17(18)19-2;1-8(2,9)11-7-4-3-5-10-6-7;1-3(2,4)5/h3-16H2,1-2H3;7,9H,3-6H2,1-2H3;4-5H,1-2H3. The number of hydrogen-bond acceptors (Lipinski definition) is 7. The SMILES string of the molecule is CC(C)(O)O.CC(C)(O)OC1CCCOC1.CCCCCCCCCCCCCCCC(=O)OC. The number of esters is 1. The first-order chi connectivity index (χ1) is 16.4. The normalized spacial score (nSPS) is 16.0. The van der Waals surface area contributed by atoms with Crippen LogP contribution >= 0.6 is 0 Å². The van der Waals surface area contributed by atoms with Crippen molar-refractivity contribution in [3.63, 3.8) is 0 Å². The summed E-state index contributed by atoms with van der Waals surface area (Å²) in [7, 11) is 1.46. The third-order valence-corrected chi connectivity index (χ3v) is 5.29.